The van der Waals surface area contributed by atoms with Gasteiger partial charge in [0.1, 0.15) is 11.6 Å². The van der Waals surface area contributed by atoms with Crippen molar-refractivity contribution in [2.45, 2.75) is 33.7 Å². The standard InChI is InChI=1S/C24H29N5/c1-16-14-19-6-4-5-7-20(19)23(17(16)2)29-11-8-21-22(15-29)26-18(3)27-24(21)28-12-9-25-10-13-28/h4-7,14,25H,8-13,15H2,1-3H3. The minimum absolute atomic E-state index is 0.853. The summed E-state index contributed by atoms with van der Waals surface area (Å²) in [4.78, 5) is 14.7. The van der Waals surface area contributed by atoms with E-state index in [2.05, 4.69) is 59.3 Å². The van der Waals surface area contributed by atoms with E-state index in [0.29, 0.717) is 0 Å². The molecule has 3 aromatic rings. The molecule has 0 radical (unpaired) electrons. The van der Waals surface area contributed by atoms with Crippen molar-refractivity contribution >= 4 is 22.3 Å². The first-order chi connectivity index (χ1) is 14.1. The molecule has 1 aromatic heterocycles. The molecule has 2 aliphatic heterocycles. The topological polar surface area (TPSA) is 44.3 Å². The molecule has 2 aromatic carbocycles. The third kappa shape index (κ3) is 3.23. The van der Waals surface area contributed by atoms with Crippen LogP contribution in [-0.4, -0.2) is 42.7 Å². The molecule has 150 valence electrons. The molecule has 2 aliphatic rings. The summed E-state index contributed by atoms with van der Waals surface area (Å²) < 4.78 is 0. The van der Waals surface area contributed by atoms with Gasteiger partial charge >= 0.3 is 0 Å². The second-order valence-corrected chi connectivity index (χ2v) is 8.32. The molecule has 5 heteroatoms. The van der Waals surface area contributed by atoms with Gasteiger partial charge in [-0.2, -0.15) is 0 Å². The highest BCUT2D eigenvalue weighted by atomic mass is 15.2. The molecular formula is C24H29N5. The summed E-state index contributed by atoms with van der Waals surface area (Å²) in [5, 5.41) is 6.10. The molecule has 0 bridgehead atoms. The van der Waals surface area contributed by atoms with Crippen LogP contribution in [0, 0.1) is 20.8 Å². The molecule has 1 N–H and O–H groups in total. The van der Waals surface area contributed by atoms with Crippen LogP contribution in [-0.2, 0) is 13.0 Å². The van der Waals surface area contributed by atoms with Crippen molar-refractivity contribution < 1.29 is 0 Å². The van der Waals surface area contributed by atoms with E-state index in [1.54, 1.807) is 0 Å². The lowest BCUT2D eigenvalue weighted by Crippen LogP contribution is -2.45. The lowest BCUT2D eigenvalue weighted by Gasteiger charge is -2.36. The summed E-state index contributed by atoms with van der Waals surface area (Å²) in [6.45, 7) is 12.5. The minimum atomic E-state index is 0.853. The van der Waals surface area contributed by atoms with E-state index in [0.717, 1.165) is 51.5 Å². The Hall–Kier alpha value is -2.66. The molecule has 0 spiro atoms. The van der Waals surface area contributed by atoms with E-state index in [9.17, 15) is 0 Å². The van der Waals surface area contributed by atoms with Gasteiger partial charge in [-0.05, 0) is 43.7 Å². The summed E-state index contributed by atoms with van der Waals surface area (Å²) in [7, 11) is 0. The molecule has 0 atom stereocenters. The van der Waals surface area contributed by atoms with Crippen LogP contribution >= 0.6 is 0 Å². The molecule has 0 saturated carbocycles. The van der Waals surface area contributed by atoms with Gasteiger partial charge < -0.3 is 15.1 Å². The van der Waals surface area contributed by atoms with Crippen molar-refractivity contribution in [3.8, 4) is 0 Å². The highest BCUT2D eigenvalue weighted by molar-refractivity contribution is 5.97. The number of benzene rings is 2. The first kappa shape index (κ1) is 18.4. The number of piperazine rings is 1. The fourth-order valence-corrected chi connectivity index (χ4v) is 4.84. The van der Waals surface area contributed by atoms with Crippen LogP contribution in [0.4, 0.5) is 11.5 Å². The van der Waals surface area contributed by atoms with Crippen molar-refractivity contribution in [3.05, 3.63) is 58.5 Å². The summed E-state index contributed by atoms with van der Waals surface area (Å²) in [5.74, 6) is 2.05. The van der Waals surface area contributed by atoms with Crippen molar-refractivity contribution in [2.24, 2.45) is 0 Å². The zero-order valence-corrected chi connectivity index (χ0v) is 17.6. The first-order valence-corrected chi connectivity index (χ1v) is 10.7. The number of hydrogen-bond acceptors (Lipinski definition) is 5. The zero-order valence-electron chi connectivity index (χ0n) is 17.6. The van der Waals surface area contributed by atoms with E-state index in [1.165, 1.54) is 44.7 Å². The lowest BCUT2D eigenvalue weighted by atomic mass is 9.96. The predicted octanol–water partition coefficient (Wildman–Crippen LogP) is 3.53. The van der Waals surface area contributed by atoms with Gasteiger partial charge in [-0.25, -0.2) is 9.97 Å². The van der Waals surface area contributed by atoms with E-state index in [-0.39, 0.29) is 0 Å². The summed E-state index contributed by atoms with van der Waals surface area (Å²) in [6.07, 6.45) is 0.997. The SMILES string of the molecule is Cc1nc2c(c(N3CCNCC3)n1)CCN(c1c(C)c(C)cc3ccccc13)C2. The Morgan fingerprint density at radius 2 is 1.72 bits per heavy atom. The maximum absolute atomic E-state index is 4.88. The van der Waals surface area contributed by atoms with Crippen LogP contribution in [0.2, 0.25) is 0 Å². The number of nitrogens with one attached hydrogen (secondary N) is 1. The van der Waals surface area contributed by atoms with Gasteiger partial charge in [-0.1, -0.05) is 30.3 Å². The van der Waals surface area contributed by atoms with Crippen molar-refractivity contribution in [2.75, 3.05) is 42.5 Å². The smallest absolute Gasteiger partial charge is 0.135 e. The highest BCUT2D eigenvalue weighted by Gasteiger charge is 2.27. The van der Waals surface area contributed by atoms with E-state index in [1.807, 2.05) is 6.92 Å². The molecule has 5 nitrogen and oxygen atoms in total. The third-order valence-corrected chi connectivity index (χ3v) is 6.42. The largest absolute Gasteiger partial charge is 0.365 e. The van der Waals surface area contributed by atoms with Crippen LogP contribution in [0.1, 0.15) is 28.2 Å². The summed E-state index contributed by atoms with van der Waals surface area (Å²) >= 11 is 0. The van der Waals surface area contributed by atoms with Gasteiger partial charge in [-0.3, -0.25) is 0 Å². The van der Waals surface area contributed by atoms with Crippen molar-refractivity contribution in [3.63, 3.8) is 0 Å². The average Bonchev–Trinajstić information content (AvgIpc) is 2.74. The van der Waals surface area contributed by atoms with Crippen molar-refractivity contribution in [1.82, 2.24) is 15.3 Å². The predicted molar refractivity (Wildman–Crippen MR) is 120 cm³/mol. The molecule has 3 heterocycles. The van der Waals surface area contributed by atoms with Gasteiger partial charge in [0.05, 0.1) is 12.2 Å². The van der Waals surface area contributed by atoms with Crippen LogP contribution in [0.3, 0.4) is 0 Å². The van der Waals surface area contributed by atoms with E-state index in [4.69, 9.17) is 9.97 Å². The van der Waals surface area contributed by atoms with Crippen molar-refractivity contribution in [1.29, 1.82) is 0 Å². The normalized spacial score (nSPS) is 16.9. The van der Waals surface area contributed by atoms with Gasteiger partial charge in [0, 0.05) is 49.4 Å². The van der Waals surface area contributed by atoms with Crippen LogP contribution in [0.5, 0.6) is 0 Å². The number of hydrogen-bond donors (Lipinski definition) is 1. The highest BCUT2D eigenvalue weighted by Crippen LogP contribution is 2.36. The number of aryl methyl sites for hydroxylation is 2. The maximum atomic E-state index is 4.88. The van der Waals surface area contributed by atoms with E-state index >= 15 is 0 Å². The first-order valence-electron chi connectivity index (χ1n) is 10.7. The van der Waals surface area contributed by atoms with E-state index < -0.39 is 0 Å². The molecule has 1 saturated heterocycles. The Kier molecular flexibility index (Phi) is 4.63. The molecule has 5 rings (SSSR count). The third-order valence-electron chi connectivity index (χ3n) is 6.42. The van der Waals surface area contributed by atoms with Crippen LogP contribution < -0.4 is 15.1 Å². The number of anilines is 2. The molecular weight excluding hydrogens is 358 g/mol. The number of aromatic nitrogens is 2. The zero-order chi connectivity index (χ0) is 20.0. The Morgan fingerprint density at radius 1 is 0.931 bits per heavy atom. The molecule has 0 amide bonds. The fourth-order valence-electron chi connectivity index (χ4n) is 4.84. The molecule has 0 aliphatic carbocycles. The van der Waals surface area contributed by atoms with Gasteiger partial charge in [-0.15, -0.1) is 0 Å². The summed E-state index contributed by atoms with van der Waals surface area (Å²) in [6, 6.07) is 11.1. The Bertz CT molecular complexity index is 1070. The average molecular weight is 388 g/mol. The van der Waals surface area contributed by atoms with Gasteiger partial charge in [0.2, 0.25) is 0 Å². The monoisotopic (exact) mass is 387 g/mol. The Labute approximate surface area is 172 Å². The lowest BCUT2D eigenvalue weighted by molar-refractivity contribution is 0.578. The van der Waals surface area contributed by atoms with Gasteiger partial charge in [0.25, 0.3) is 0 Å². The number of nitrogens with zero attached hydrogens (tertiary/aromatic N) is 4. The molecule has 0 unspecified atom stereocenters. The number of fused-ring (bicyclic) bond motifs is 2. The van der Waals surface area contributed by atoms with Gasteiger partial charge in [0.15, 0.2) is 0 Å². The quantitative estimate of drug-likeness (QED) is 0.729. The fraction of sp³-hybridized carbons (Fsp3) is 0.417. The van der Waals surface area contributed by atoms with Crippen LogP contribution in [0.15, 0.2) is 30.3 Å². The second-order valence-electron chi connectivity index (χ2n) is 8.32. The minimum Gasteiger partial charge on any atom is -0.365 e. The molecule has 1 fully saturated rings. The second kappa shape index (κ2) is 7.30. The molecule has 29 heavy (non-hydrogen) atoms. The number of rotatable bonds is 2. The Morgan fingerprint density at radius 3 is 2.55 bits per heavy atom. The maximum Gasteiger partial charge on any atom is 0.135 e. The van der Waals surface area contributed by atoms with Crippen LogP contribution in [0.25, 0.3) is 10.8 Å². The Balaban J connectivity index is 1.56. The summed E-state index contributed by atoms with van der Waals surface area (Å²) in [5.41, 5.74) is 6.64.